The summed E-state index contributed by atoms with van der Waals surface area (Å²) in [6.07, 6.45) is 0.0945. The third-order valence-electron chi connectivity index (χ3n) is 3.74. The third kappa shape index (κ3) is 6.26. The molecule has 0 aromatic heterocycles. The Balaban J connectivity index is 1.75. The Labute approximate surface area is 157 Å². The minimum absolute atomic E-state index is 0.0595. The van der Waals surface area contributed by atoms with E-state index in [1.54, 1.807) is 12.1 Å². The summed E-state index contributed by atoms with van der Waals surface area (Å²) in [5, 5.41) is 2.83. The van der Waals surface area contributed by atoms with Gasteiger partial charge in [-0.2, -0.15) is 0 Å². The van der Waals surface area contributed by atoms with Gasteiger partial charge in [0.05, 0.1) is 4.90 Å². The maximum Gasteiger partial charge on any atom is 0.240 e. The van der Waals surface area contributed by atoms with Crippen LogP contribution in [0.3, 0.4) is 0 Å². The van der Waals surface area contributed by atoms with E-state index in [1.165, 1.54) is 12.1 Å². The van der Waals surface area contributed by atoms with Gasteiger partial charge in [-0.05, 0) is 35.7 Å². The van der Waals surface area contributed by atoms with Crippen LogP contribution in [0.25, 0.3) is 0 Å². The van der Waals surface area contributed by atoms with Gasteiger partial charge in [0.2, 0.25) is 15.9 Å². The van der Waals surface area contributed by atoms with Crippen LogP contribution in [0.2, 0.25) is 0 Å². The molecular formula is C18H21BrN2O3S. The number of halogens is 1. The highest BCUT2D eigenvalue weighted by Gasteiger charge is 2.14. The van der Waals surface area contributed by atoms with Crippen molar-refractivity contribution in [3.8, 4) is 0 Å². The molecule has 0 saturated heterocycles. The second-order valence-electron chi connectivity index (χ2n) is 5.72. The summed E-state index contributed by atoms with van der Waals surface area (Å²) in [5.41, 5.74) is 1.15. The molecule has 1 amide bonds. The van der Waals surface area contributed by atoms with Gasteiger partial charge in [-0.15, -0.1) is 0 Å². The molecule has 0 aliphatic rings. The number of rotatable bonds is 8. The summed E-state index contributed by atoms with van der Waals surface area (Å²) in [4.78, 5) is 12.1. The lowest BCUT2D eigenvalue weighted by atomic mass is 10.0. The number of carbonyl (C=O) groups is 1. The molecule has 7 heteroatoms. The Morgan fingerprint density at radius 3 is 2.36 bits per heavy atom. The molecule has 134 valence electrons. The minimum atomic E-state index is -3.60. The number of hydrogen-bond donors (Lipinski definition) is 2. The Morgan fingerprint density at radius 2 is 1.72 bits per heavy atom. The summed E-state index contributed by atoms with van der Waals surface area (Å²) in [5.74, 6) is 0.0193. The van der Waals surface area contributed by atoms with Crippen LogP contribution in [0.5, 0.6) is 0 Å². The second kappa shape index (κ2) is 9.12. The fourth-order valence-electron chi connectivity index (χ4n) is 2.25. The molecule has 1 atom stereocenters. The molecule has 25 heavy (non-hydrogen) atoms. The van der Waals surface area contributed by atoms with E-state index in [9.17, 15) is 13.2 Å². The standard InChI is InChI=1S/C18H21BrN2O3S/c1-14(15-5-3-2-4-6-15)13-20-18(22)11-12-21-25(23,24)17-9-7-16(19)8-10-17/h2-10,14,21H,11-13H2,1H3,(H,20,22). The van der Waals surface area contributed by atoms with Crippen LogP contribution in [0.4, 0.5) is 0 Å². The fourth-order valence-corrected chi connectivity index (χ4v) is 3.55. The normalized spacial score (nSPS) is 12.6. The highest BCUT2D eigenvalue weighted by molar-refractivity contribution is 9.10. The average Bonchev–Trinajstić information content (AvgIpc) is 2.60. The zero-order chi connectivity index (χ0) is 18.3. The quantitative estimate of drug-likeness (QED) is 0.683. The predicted molar refractivity (Wildman–Crippen MR) is 102 cm³/mol. The van der Waals surface area contributed by atoms with Crippen molar-refractivity contribution >= 4 is 31.9 Å². The number of nitrogens with one attached hydrogen (secondary N) is 2. The van der Waals surface area contributed by atoms with Gasteiger partial charge in [0.15, 0.2) is 0 Å². The molecule has 0 fully saturated rings. The number of hydrogen-bond acceptors (Lipinski definition) is 3. The lowest BCUT2D eigenvalue weighted by Gasteiger charge is -2.13. The first-order valence-corrected chi connectivity index (χ1v) is 10.2. The Kier molecular flexibility index (Phi) is 7.16. The van der Waals surface area contributed by atoms with Crippen LogP contribution in [0.1, 0.15) is 24.8 Å². The van der Waals surface area contributed by atoms with E-state index in [1.807, 2.05) is 37.3 Å². The van der Waals surface area contributed by atoms with Crippen LogP contribution >= 0.6 is 15.9 Å². The number of sulfonamides is 1. The average molecular weight is 425 g/mol. The number of amides is 1. The van der Waals surface area contributed by atoms with Gasteiger partial charge >= 0.3 is 0 Å². The maximum absolute atomic E-state index is 12.1. The lowest BCUT2D eigenvalue weighted by Crippen LogP contribution is -2.32. The monoisotopic (exact) mass is 424 g/mol. The molecule has 1 unspecified atom stereocenters. The van der Waals surface area contributed by atoms with Crippen molar-refractivity contribution in [2.45, 2.75) is 24.2 Å². The fraction of sp³-hybridized carbons (Fsp3) is 0.278. The first-order chi connectivity index (χ1) is 11.9. The van der Waals surface area contributed by atoms with Crippen molar-refractivity contribution in [1.82, 2.24) is 10.0 Å². The highest BCUT2D eigenvalue weighted by atomic mass is 79.9. The van der Waals surface area contributed by atoms with Gasteiger partial charge in [0, 0.05) is 24.0 Å². The van der Waals surface area contributed by atoms with Crippen LogP contribution in [-0.2, 0) is 14.8 Å². The van der Waals surface area contributed by atoms with Gasteiger partial charge in [-0.1, -0.05) is 53.2 Å². The van der Waals surface area contributed by atoms with E-state index < -0.39 is 10.0 Å². The van der Waals surface area contributed by atoms with Gasteiger partial charge in [-0.3, -0.25) is 4.79 Å². The lowest BCUT2D eigenvalue weighted by molar-refractivity contribution is -0.120. The molecule has 0 heterocycles. The van der Waals surface area contributed by atoms with Crippen molar-refractivity contribution in [3.63, 3.8) is 0 Å². The van der Waals surface area contributed by atoms with Crippen LogP contribution < -0.4 is 10.0 Å². The summed E-state index contributed by atoms with van der Waals surface area (Å²) >= 11 is 3.26. The number of carbonyl (C=O) groups excluding carboxylic acids is 1. The molecule has 0 bridgehead atoms. The van der Waals surface area contributed by atoms with Crippen molar-refractivity contribution in [3.05, 3.63) is 64.6 Å². The van der Waals surface area contributed by atoms with Crippen molar-refractivity contribution in [1.29, 1.82) is 0 Å². The molecule has 0 radical (unpaired) electrons. The first kappa shape index (κ1) is 19.6. The van der Waals surface area contributed by atoms with Gasteiger partial charge in [0.25, 0.3) is 0 Å². The van der Waals surface area contributed by atoms with Crippen LogP contribution in [-0.4, -0.2) is 27.4 Å². The molecule has 0 aliphatic heterocycles. The second-order valence-corrected chi connectivity index (χ2v) is 8.40. The molecule has 0 saturated carbocycles. The maximum atomic E-state index is 12.1. The Bertz CT molecular complexity index is 793. The van der Waals surface area contributed by atoms with Gasteiger partial charge < -0.3 is 5.32 Å². The van der Waals surface area contributed by atoms with E-state index in [-0.39, 0.29) is 29.7 Å². The molecular weight excluding hydrogens is 404 g/mol. The van der Waals surface area contributed by atoms with E-state index in [2.05, 4.69) is 26.0 Å². The van der Waals surface area contributed by atoms with Gasteiger partial charge in [0.1, 0.15) is 0 Å². The largest absolute Gasteiger partial charge is 0.355 e. The van der Waals surface area contributed by atoms with Crippen molar-refractivity contribution in [2.75, 3.05) is 13.1 Å². The smallest absolute Gasteiger partial charge is 0.240 e. The first-order valence-electron chi connectivity index (χ1n) is 7.95. The predicted octanol–water partition coefficient (Wildman–Crippen LogP) is 3.04. The van der Waals surface area contributed by atoms with Crippen LogP contribution in [0, 0.1) is 0 Å². The summed E-state index contributed by atoms with van der Waals surface area (Å²) in [7, 11) is -3.60. The summed E-state index contributed by atoms with van der Waals surface area (Å²) < 4.78 is 27.5. The summed E-state index contributed by atoms with van der Waals surface area (Å²) in [6, 6.07) is 16.2. The van der Waals surface area contributed by atoms with E-state index in [4.69, 9.17) is 0 Å². The third-order valence-corrected chi connectivity index (χ3v) is 5.75. The SMILES string of the molecule is CC(CNC(=O)CCNS(=O)(=O)c1ccc(Br)cc1)c1ccccc1. The molecule has 2 rings (SSSR count). The topological polar surface area (TPSA) is 75.3 Å². The molecule has 2 N–H and O–H groups in total. The molecule has 5 nitrogen and oxygen atoms in total. The molecule has 0 spiro atoms. The Hall–Kier alpha value is -1.70. The number of benzene rings is 2. The van der Waals surface area contributed by atoms with E-state index in [0.717, 1.165) is 10.0 Å². The highest BCUT2D eigenvalue weighted by Crippen LogP contribution is 2.14. The van der Waals surface area contributed by atoms with Crippen LogP contribution in [0.15, 0.2) is 64.0 Å². The van der Waals surface area contributed by atoms with E-state index >= 15 is 0 Å². The minimum Gasteiger partial charge on any atom is -0.355 e. The van der Waals surface area contributed by atoms with Crippen molar-refractivity contribution < 1.29 is 13.2 Å². The summed E-state index contributed by atoms with van der Waals surface area (Å²) in [6.45, 7) is 2.61. The van der Waals surface area contributed by atoms with E-state index in [0.29, 0.717) is 6.54 Å². The van der Waals surface area contributed by atoms with Gasteiger partial charge in [-0.25, -0.2) is 13.1 Å². The Morgan fingerprint density at radius 1 is 1.08 bits per heavy atom. The zero-order valence-corrected chi connectivity index (χ0v) is 16.3. The zero-order valence-electron chi connectivity index (χ0n) is 13.9. The molecule has 2 aromatic carbocycles. The van der Waals surface area contributed by atoms with Crippen molar-refractivity contribution in [2.24, 2.45) is 0 Å². The molecule has 0 aliphatic carbocycles. The molecule has 2 aromatic rings.